The van der Waals surface area contributed by atoms with E-state index in [1.807, 2.05) is 14.1 Å². The van der Waals surface area contributed by atoms with E-state index in [0.717, 1.165) is 19.6 Å². The lowest BCUT2D eigenvalue weighted by molar-refractivity contribution is -0.145. The van der Waals surface area contributed by atoms with Crippen molar-refractivity contribution in [2.24, 2.45) is 0 Å². The maximum Gasteiger partial charge on any atom is 0.320 e. The fourth-order valence-electron chi connectivity index (χ4n) is 3.05. The second kappa shape index (κ2) is 11.9. The van der Waals surface area contributed by atoms with Crippen molar-refractivity contribution in [3.05, 3.63) is 0 Å². The van der Waals surface area contributed by atoms with E-state index in [1.54, 1.807) is 9.80 Å². The van der Waals surface area contributed by atoms with Crippen molar-refractivity contribution in [3.8, 4) is 0 Å². The Hall–Kier alpha value is -1.75. The van der Waals surface area contributed by atoms with Crippen molar-refractivity contribution in [1.29, 1.82) is 0 Å². The summed E-state index contributed by atoms with van der Waals surface area (Å²) in [6.07, 6.45) is -0.191. The Kier molecular flexibility index (Phi) is 10.2. The summed E-state index contributed by atoms with van der Waals surface area (Å²) in [5.41, 5.74) is 0. The molecule has 0 aliphatic carbocycles. The molecule has 0 radical (unpaired) electrons. The molecule has 0 bridgehead atoms. The molecule has 10 nitrogen and oxygen atoms in total. The highest BCUT2D eigenvalue weighted by Crippen LogP contribution is 2.10. The topological polar surface area (TPSA) is 125 Å². The monoisotopic (exact) mass is 388 g/mol. The average Bonchev–Trinajstić information content (AvgIpc) is 2.57. The summed E-state index contributed by atoms with van der Waals surface area (Å²) in [6.45, 7) is 4.78. The molecule has 3 N–H and O–H groups in total. The molecule has 1 fully saturated rings. The summed E-state index contributed by atoms with van der Waals surface area (Å²) < 4.78 is 0. The van der Waals surface area contributed by atoms with Crippen LogP contribution >= 0.6 is 0 Å². The summed E-state index contributed by atoms with van der Waals surface area (Å²) >= 11 is 0. The number of hydrogen-bond donors (Lipinski definition) is 3. The minimum Gasteiger partial charge on any atom is -0.481 e. The van der Waals surface area contributed by atoms with Crippen LogP contribution in [0.5, 0.6) is 0 Å². The zero-order valence-corrected chi connectivity index (χ0v) is 16.2. The van der Waals surface area contributed by atoms with E-state index in [1.165, 1.54) is 0 Å². The molecule has 0 spiro atoms. The highest BCUT2D eigenvalue weighted by Gasteiger charge is 2.27. The number of rotatable bonds is 7. The minimum absolute atomic E-state index is 0.0239. The van der Waals surface area contributed by atoms with Gasteiger partial charge in [-0.25, -0.2) is 0 Å². The first-order chi connectivity index (χ1) is 12.7. The third kappa shape index (κ3) is 9.66. The molecule has 0 aromatic carbocycles. The SMILES string of the molecule is CN1CCN(C)CCN(C(CCC(=O)O)C(=O)O)CCN(CC(=O)O)CC1. The Bertz CT molecular complexity index is 504. The number of carbonyl (C=O) groups is 3. The standard InChI is InChI=1S/C17H32N4O6/c1-18-5-6-19(2)8-11-21(14(17(26)27)3-4-15(22)23)12-10-20(9-7-18)13-16(24)25/h14H,3-13H2,1-2H3,(H,22,23)(H,24,25)(H,26,27). The second-order valence-electron chi connectivity index (χ2n) is 7.10. The van der Waals surface area contributed by atoms with E-state index in [0.29, 0.717) is 32.7 Å². The van der Waals surface area contributed by atoms with Crippen molar-refractivity contribution >= 4 is 17.9 Å². The van der Waals surface area contributed by atoms with Gasteiger partial charge in [-0.3, -0.25) is 24.2 Å². The summed E-state index contributed by atoms with van der Waals surface area (Å²) in [7, 11) is 3.97. The van der Waals surface area contributed by atoms with Gasteiger partial charge in [0.1, 0.15) is 6.04 Å². The summed E-state index contributed by atoms with van der Waals surface area (Å²) in [5.74, 6) is -2.99. The first kappa shape index (κ1) is 23.3. The second-order valence-corrected chi connectivity index (χ2v) is 7.10. The lowest BCUT2D eigenvalue weighted by Crippen LogP contribution is -2.50. The van der Waals surface area contributed by atoms with Crippen LogP contribution in [0.4, 0.5) is 0 Å². The molecule has 1 aliphatic rings. The third-order valence-corrected chi connectivity index (χ3v) is 4.85. The van der Waals surface area contributed by atoms with Gasteiger partial charge < -0.3 is 25.1 Å². The van der Waals surface area contributed by atoms with Gasteiger partial charge in [0.15, 0.2) is 0 Å². The van der Waals surface area contributed by atoms with E-state index >= 15 is 0 Å². The molecule has 27 heavy (non-hydrogen) atoms. The van der Waals surface area contributed by atoms with E-state index in [-0.39, 0.29) is 19.4 Å². The predicted octanol–water partition coefficient (Wildman–Crippen LogP) is -1.13. The van der Waals surface area contributed by atoms with Gasteiger partial charge in [-0.05, 0) is 20.5 Å². The quantitative estimate of drug-likeness (QED) is 0.493. The van der Waals surface area contributed by atoms with Crippen molar-refractivity contribution in [1.82, 2.24) is 19.6 Å². The largest absolute Gasteiger partial charge is 0.481 e. The third-order valence-electron chi connectivity index (χ3n) is 4.85. The Morgan fingerprint density at radius 3 is 1.78 bits per heavy atom. The van der Waals surface area contributed by atoms with Crippen LogP contribution in [-0.2, 0) is 14.4 Å². The Morgan fingerprint density at radius 1 is 0.778 bits per heavy atom. The number of aliphatic carboxylic acids is 3. The van der Waals surface area contributed by atoms with E-state index in [4.69, 9.17) is 10.2 Å². The van der Waals surface area contributed by atoms with Gasteiger partial charge in [0.05, 0.1) is 6.54 Å². The van der Waals surface area contributed by atoms with Crippen LogP contribution in [0, 0.1) is 0 Å². The van der Waals surface area contributed by atoms with Crippen molar-refractivity contribution < 1.29 is 29.7 Å². The number of likely N-dealkylation sites (N-methyl/N-ethyl adjacent to an activating group) is 2. The van der Waals surface area contributed by atoms with Crippen LogP contribution in [0.2, 0.25) is 0 Å². The predicted molar refractivity (Wildman–Crippen MR) is 98.9 cm³/mol. The first-order valence-corrected chi connectivity index (χ1v) is 9.19. The van der Waals surface area contributed by atoms with Crippen LogP contribution in [0.15, 0.2) is 0 Å². The normalized spacial score (nSPS) is 21.1. The molecule has 1 saturated heterocycles. The molecule has 0 aromatic heterocycles. The van der Waals surface area contributed by atoms with Crippen LogP contribution < -0.4 is 0 Å². The Morgan fingerprint density at radius 2 is 1.26 bits per heavy atom. The van der Waals surface area contributed by atoms with Crippen molar-refractivity contribution in [2.45, 2.75) is 18.9 Å². The number of hydrogen-bond acceptors (Lipinski definition) is 7. The molecule has 156 valence electrons. The highest BCUT2D eigenvalue weighted by molar-refractivity contribution is 5.75. The molecule has 1 aliphatic heterocycles. The molecular weight excluding hydrogens is 356 g/mol. The summed E-state index contributed by atoms with van der Waals surface area (Å²) in [6, 6.07) is -0.896. The average molecular weight is 388 g/mol. The van der Waals surface area contributed by atoms with Crippen LogP contribution in [0.1, 0.15) is 12.8 Å². The highest BCUT2D eigenvalue weighted by atomic mass is 16.4. The van der Waals surface area contributed by atoms with Crippen molar-refractivity contribution in [3.63, 3.8) is 0 Å². The molecular formula is C17H32N4O6. The molecule has 1 atom stereocenters. The molecule has 10 heteroatoms. The fraction of sp³-hybridized carbons (Fsp3) is 0.824. The van der Waals surface area contributed by atoms with Crippen LogP contribution in [0.3, 0.4) is 0 Å². The lowest BCUT2D eigenvalue weighted by Gasteiger charge is -2.34. The minimum atomic E-state index is -1.05. The van der Waals surface area contributed by atoms with Gasteiger partial charge in [-0.2, -0.15) is 0 Å². The van der Waals surface area contributed by atoms with Crippen LogP contribution in [-0.4, -0.2) is 132 Å². The van der Waals surface area contributed by atoms with Gasteiger partial charge in [-0.1, -0.05) is 0 Å². The number of carboxylic acid groups (broad SMARTS) is 3. The van der Waals surface area contributed by atoms with Gasteiger partial charge in [0, 0.05) is 58.8 Å². The molecule has 1 unspecified atom stereocenters. The zero-order valence-electron chi connectivity index (χ0n) is 16.2. The van der Waals surface area contributed by atoms with Crippen molar-refractivity contribution in [2.75, 3.05) is 73.0 Å². The molecule has 1 rings (SSSR count). The van der Waals surface area contributed by atoms with Gasteiger partial charge >= 0.3 is 17.9 Å². The Labute approximate surface area is 159 Å². The van der Waals surface area contributed by atoms with Gasteiger partial charge in [-0.15, -0.1) is 0 Å². The van der Waals surface area contributed by atoms with Gasteiger partial charge in [0.25, 0.3) is 0 Å². The fourth-order valence-corrected chi connectivity index (χ4v) is 3.05. The smallest absolute Gasteiger partial charge is 0.320 e. The number of nitrogens with zero attached hydrogens (tertiary/aromatic N) is 4. The summed E-state index contributed by atoms with van der Waals surface area (Å²) in [4.78, 5) is 41.6. The lowest BCUT2D eigenvalue weighted by atomic mass is 10.1. The molecule has 0 saturated carbocycles. The zero-order chi connectivity index (χ0) is 20.4. The van der Waals surface area contributed by atoms with Crippen LogP contribution in [0.25, 0.3) is 0 Å². The molecule has 1 heterocycles. The van der Waals surface area contributed by atoms with Gasteiger partial charge in [0.2, 0.25) is 0 Å². The maximum absolute atomic E-state index is 11.7. The van der Waals surface area contributed by atoms with E-state index in [9.17, 15) is 19.5 Å². The van der Waals surface area contributed by atoms with E-state index < -0.39 is 23.9 Å². The molecule has 0 amide bonds. The maximum atomic E-state index is 11.7. The number of carboxylic acids is 3. The first-order valence-electron chi connectivity index (χ1n) is 9.19. The molecule has 0 aromatic rings. The Balaban J connectivity index is 2.89. The van der Waals surface area contributed by atoms with E-state index in [2.05, 4.69) is 9.80 Å². The summed E-state index contributed by atoms with van der Waals surface area (Å²) in [5, 5.41) is 27.6.